The van der Waals surface area contributed by atoms with E-state index in [0.717, 1.165) is 5.56 Å². The number of rotatable bonds is 8. The number of halogens is 3. The van der Waals surface area contributed by atoms with Crippen molar-refractivity contribution >= 4 is 63.2 Å². The molecule has 2 N–H and O–H groups in total. The van der Waals surface area contributed by atoms with Gasteiger partial charge in [0.25, 0.3) is 0 Å². The monoisotopic (exact) mass is 536 g/mol. The van der Waals surface area contributed by atoms with Crippen LogP contribution in [-0.2, 0) is 10.0 Å². The van der Waals surface area contributed by atoms with Crippen LogP contribution in [0.4, 0.5) is 0 Å². The van der Waals surface area contributed by atoms with E-state index in [2.05, 4.69) is 15.6 Å². The van der Waals surface area contributed by atoms with E-state index >= 15 is 0 Å². The minimum atomic E-state index is -3.27. The van der Waals surface area contributed by atoms with E-state index in [-0.39, 0.29) is 42.3 Å². The quantitative estimate of drug-likeness (QED) is 0.303. The molecule has 150 valence electrons. The Morgan fingerprint density at radius 3 is 2.38 bits per heavy atom. The van der Waals surface area contributed by atoms with Gasteiger partial charge in [0, 0.05) is 36.7 Å². The van der Waals surface area contributed by atoms with E-state index < -0.39 is 10.0 Å². The zero-order valence-corrected chi connectivity index (χ0v) is 20.1. The number of hydrogen-bond acceptors (Lipinski definition) is 3. The molecule has 26 heavy (non-hydrogen) atoms. The fourth-order valence-electron chi connectivity index (χ4n) is 2.37. The molecular weight excluding hydrogens is 510 g/mol. The molecule has 0 spiro atoms. The highest BCUT2D eigenvalue weighted by molar-refractivity contribution is 14.0. The fourth-order valence-corrected chi connectivity index (χ4v) is 4.35. The zero-order chi connectivity index (χ0) is 19.0. The van der Waals surface area contributed by atoms with Crippen molar-refractivity contribution < 1.29 is 8.42 Å². The Morgan fingerprint density at radius 2 is 1.88 bits per heavy atom. The molecule has 0 aliphatic heterocycles. The summed E-state index contributed by atoms with van der Waals surface area (Å²) in [5, 5.41) is 7.35. The summed E-state index contributed by atoms with van der Waals surface area (Å²) >= 11 is 12.1. The lowest BCUT2D eigenvalue weighted by molar-refractivity contribution is 0.445. The standard InChI is InChI=1S/C16H26Cl2N4O2S.HI/c1-5-22(6-2)25(23,24)10-9-20-16(19-4)21-12(3)14-8-7-13(17)11-15(14)18;/h7-8,11-12H,5-6,9-10H2,1-4H3,(H2,19,20,21);1H. The predicted molar refractivity (Wildman–Crippen MR) is 121 cm³/mol. The molecule has 1 unspecified atom stereocenters. The number of aliphatic imine (C=N–C) groups is 1. The minimum absolute atomic E-state index is 0. The van der Waals surface area contributed by atoms with Crippen molar-refractivity contribution in [2.75, 3.05) is 32.4 Å². The van der Waals surface area contributed by atoms with Gasteiger partial charge in [0.2, 0.25) is 10.0 Å². The van der Waals surface area contributed by atoms with Crippen molar-refractivity contribution in [2.24, 2.45) is 4.99 Å². The van der Waals surface area contributed by atoms with Crippen LogP contribution < -0.4 is 10.6 Å². The SMILES string of the molecule is CCN(CC)S(=O)(=O)CCNC(=NC)NC(C)c1ccc(Cl)cc1Cl.I. The van der Waals surface area contributed by atoms with E-state index in [9.17, 15) is 8.42 Å². The van der Waals surface area contributed by atoms with Gasteiger partial charge in [0.1, 0.15) is 0 Å². The normalized spacial score (nSPS) is 13.3. The summed E-state index contributed by atoms with van der Waals surface area (Å²) in [5.41, 5.74) is 0.879. The number of sulfonamides is 1. The van der Waals surface area contributed by atoms with E-state index in [0.29, 0.717) is 29.1 Å². The van der Waals surface area contributed by atoms with Gasteiger partial charge >= 0.3 is 0 Å². The van der Waals surface area contributed by atoms with Crippen LogP contribution in [-0.4, -0.2) is 51.1 Å². The lowest BCUT2D eigenvalue weighted by Crippen LogP contribution is -2.42. The summed E-state index contributed by atoms with van der Waals surface area (Å²) in [6.07, 6.45) is 0. The number of benzene rings is 1. The van der Waals surface area contributed by atoms with Gasteiger partial charge in [-0.2, -0.15) is 0 Å². The maximum Gasteiger partial charge on any atom is 0.215 e. The van der Waals surface area contributed by atoms with Crippen LogP contribution in [0.3, 0.4) is 0 Å². The molecule has 1 atom stereocenters. The van der Waals surface area contributed by atoms with Gasteiger partial charge in [0.05, 0.1) is 11.8 Å². The molecule has 1 aromatic rings. The van der Waals surface area contributed by atoms with Crippen LogP contribution in [0.5, 0.6) is 0 Å². The Morgan fingerprint density at radius 1 is 1.27 bits per heavy atom. The first-order valence-electron chi connectivity index (χ1n) is 8.15. The first-order chi connectivity index (χ1) is 11.7. The molecule has 0 radical (unpaired) electrons. The lowest BCUT2D eigenvalue weighted by atomic mass is 10.1. The van der Waals surface area contributed by atoms with Crippen LogP contribution in [0.1, 0.15) is 32.4 Å². The van der Waals surface area contributed by atoms with E-state index in [4.69, 9.17) is 23.2 Å². The van der Waals surface area contributed by atoms with Crippen molar-refractivity contribution in [3.63, 3.8) is 0 Å². The smallest absolute Gasteiger partial charge is 0.215 e. The summed E-state index contributed by atoms with van der Waals surface area (Å²) in [6, 6.07) is 5.19. The van der Waals surface area contributed by atoms with Crippen LogP contribution in [0.2, 0.25) is 10.0 Å². The predicted octanol–water partition coefficient (Wildman–Crippen LogP) is 3.51. The molecular formula is C16H27Cl2IN4O2S. The molecule has 0 saturated heterocycles. The molecule has 0 saturated carbocycles. The van der Waals surface area contributed by atoms with Crippen LogP contribution in [0.15, 0.2) is 23.2 Å². The van der Waals surface area contributed by atoms with Crippen LogP contribution >= 0.6 is 47.2 Å². The third-order valence-corrected chi connectivity index (χ3v) is 6.34. The largest absolute Gasteiger partial charge is 0.355 e. The number of guanidine groups is 1. The average Bonchev–Trinajstić information content (AvgIpc) is 2.54. The topological polar surface area (TPSA) is 73.8 Å². The summed E-state index contributed by atoms with van der Waals surface area (Å²) in [4.78, 5) is 4.12. The third kappa shape index (κ3) is 7.75. The first kappa shape index (κ1) is 25.7. The van der Waals surface area contributed by atoms with Crippen molar-refractivity contribution in [3.05, 3.63) is 33.8 Å². The van der Waals surface area contributed by atoms with Crippen molar-refractivity contribution in [2.45, 2.75) is 26.8 Å². The highest BCUT2D eigenvalue weighted by Crippen LogP contribution is 2.25. The fraction of sp³-hybridized carbons (Fsp3) is 0.562. The summed E-state index contributed by atoms with van der Waals surface area (Å²) in [5.74, 6) is 0.513. The summed E-state index contributed by atoms with van der Waals surface area (Å²) in [7, 11) is -1.64. The second kappa shape index (κ2) is 12.2. The van der Waals surface area contributed by atoms with E-state index in [1.54, 1.807) is 19.2 Å². The van der Waals surface area contributed by atoms with Gasteiger partial charge in [-0.1, -0.05) is 43.1 Å². The van der Waals surface area contributed by atoms with Crippen LogP contribution in [0, 0.1) is 0 Å². The average molecular weight is 537 g/mol. The first-order valence-corrected chi connectivity index (χ1v) is 10.5. The Bertz CT molecular complexity index is 697. The molecule has 0 heterocycles. The Balaban J connectivity index is 0.00000625. The Hall–Kier alpha value is -0.290. The molecule has 0 aliphatic carbocycles. The van der Waals surface area contributed by atoms with Crippen molar-refractivity contribution in [1.82, 2.24) is 14.9 Å². The van der Waals surface area contributed by atoms with Gasteiger partial charge in [-0.15, -0.1) is 24.0 Å². The molecule has 0 aliphatic rings. The Kier molecular flexibility index (Phi) is 12.1. The zero-order valence-electron chi connectivity index (χ0n) is 15.4. The number of nitrogens with zero attached hydrogens (tertiary/aromatic N) is 2. The maximum atomic E-state index is 12.2. The van der Waals surface area contributed by atoms with E-state index in [1.165, 1.54) is 4.31 Å². The van der Waals surface area contributed by atoms with Gasteiger partial charge < -0.3 is 10.6 Å². The highest BCUT2D eigenvalue weighted by atomic mass is 127. The molecule has 0 amide bonds. The summed E-state index contributed by atoms with van der Waals surface area (Å²) in [6.45, 7) is 6.79. The number of nitrogens with one attached hydrogen (secondary N) is 2. The summed E-state index contributed by atoms with van der Waals surface area (Å²) < 4.78 is 25.8. The molecule has 6 nitrogen and oxygen atoms in total. The van der Waals surface area contributed by atoms with Gasteiger partial charge in [-0.05, 0) is 24.6 Å². The minimum Gasteiger partial charge on any atom is -0.355 e. The molecule has 10 heteroatoms. The van der Waals surface area contributed by atoms with Gasteiger partial charge in [0.15, 0.2) is 5.96 Å². The third-order valence-electron chi connectivity index (χ3n) is 3.76. The highest BCUT2D eigenvalue weighted by Gasteiger charge is 2.18. The van der Waals surface area contributed by atoms with Crippen LogP contribution in [0.25, 0.3) is 0 Å². The van der Waals surface area contributed by atoms with Crippen molar-refractivity contribution in [3.8, 4) is 0 Å². The second-order valence-corrected chi connectivity index (χ2v) is 8.36. The maximum absolute atomic E-state index is 12.2. The van der Waals surface area contributed by atoms with Crippen molar-refractivity contribution in [1.29, 1.82) is 0 Å². The lowest BCUT2D eigenvalue weighted by Gasteiger charge is -2.21. The molecule has 0 aromatic heterocycles. The van der Waals surface area contributed by atoms with Gasteiger partial charge in [-0.3, -0.25) is 4.99 Å². The Labute approximate surface area is 183 Å². The molecule has 0 fully saturated rings. The molecule has 0 bridgehead atoms. The molecule has 1 rings (SSSR count). The van der Waals surface area contributed by atoms with E-state index in [1.807, 2.05) is 26.8 Å². The second-order valence-electron chi connectivity index (χ2n) is 5.43. The number of hydrogen-bond donors (Lipinski definition) is 2. The molecule has 1 aromatic carbocycles. The van der Waals surface area contributed by atoms with Gasteiger partial charge in [-0.25, -0.2) is 12.7 Å².